The van der Waals surface area contributed by atoms with Gasteiger partial charge in [0.2, 0.25) is 0 Å². The molecule has 1 aliphatic heterocycles. The highest BCUT2D eigenvalue weighted by Gasteiger charge is 2.40. The minimum atomic E-state index is -2.70. The number of aryl methyl sites for hydroxylation is 1. The number of nitrogens with zero attached hydrogens (tertiary/aromatic N) is 8. The first kappa shape index (κ1) is 17.7. The lowest BCUT2D eigenvalue weighted by molar-refractivity contribution is 0.0257. The summed E-state index contributed by atoms with van der Waals surface area (Å²) in [6, 6.07) is 0. The van der Waals surface area contributed by atoms with Crippen molar-refractivity contribution in [3.05, 3.63) is 23.9 Å². The summed E-state index contributed by atoms with van der Waals surface area (Å²) in [4.78, 5) is 11.0. The zero-order valence-electron chi connectivity index (χ0n) is 15.8. The highest BCUT2D eigenvalue weighted by Crippen LogP contribution is 2.34. The van der Waals surface area contributed by atoms with E-state index in [-0.39, 0.29) is 24.9 Å². The molecule has 0 aliphatic carbocycles. The van der Waals surface area contributed by atoms with Gasteiger partial charge in [-0.2, -0.15) is 5.10 Å². The van der Waals surface area contributed by atoms with Crippen LogP contribution >= 0.6 is 0 Å². The molecule has 144 valence electrons. The van der Waals surface area contributed by atoms with Gasteiger partial charge in [-0.05, 0) is 0 Å². The SMILES string of the molecule is Cn1nncc1Cn1ncc2c(N3CCC(F)(F)C3)nc(C(C)(C)C)nc21. The van der Waals surface area contributed by atoms with Crippen LogP contribution < -0.4 is 4.90 Å². The largest absolute Gasteiger partial charge is 0.350 e. The quantitative estimate of drug-likeness (QED) is 0.697. The van der Waals surface area contributed by atoms with Crippen molar-refractivity contribution in [1.82, 2.24) is 34.7 Å². The molecule has 1 fully saturated rings. The first-order chi connectivity index (χ1) is 12.6. The van der Waals surface area contributed by atoms with Crippen LogP contribution in [-0.4, -0.2) is 53.8 Å². The molecular weight excluding hydrogens is 354 g/mol. The third kappa shape index (κ3) is 3.24. The Morgan fingerprint density at radius 2 is 1.96 bits per heavy atom. The summed E-state index contributed by atoms with van der Waals surface area (Å²) >= 11 is 0. The maximum Gasteiger partial charge on any atom is 0.266 e. The maximum absolute atomic E-state index is 13.8. The summed E-state index contributed by atoms with van der Waals surface area (Å²) in [6.45, 7) is 6.37. The van der Waals surface area contributed by atoms with E-state index in [2.05, 4.69) is 20.4 Å². The van der Waals surface area contributed by atoms with Gasteiger partial charge in [-0.1, -0.05) is 26.0 Å². The van der Waals surface area contributed by atoms with Crippen LogP contribution in [0, 0.1) is 0 Å². The number of aromatic nitrogens is 7. The van der Waals surface area contributed by atoms with E-state index in [0.29, 0.717) is 29.2 Å². The highest BCUT2D eigenvalue weighted by molar-refractivity contribution is 5.87. The number of alkyl halides is 2. The lowest BCUT2D eigenvalue weighted by atomic mass is 9.95. The van der Waals surface area contributed by atoms with E-state index in [1.165, 1.54) is 0 Å². The van der Waals surface area contributed by atoms with E-state index in [4.69, 9.17) is 4.98 Å². The summed E-state index contributed by atoms with van der Waals surface area (Å²) in [7, 11) is 1.81. The van der Waals surface area contributed by atoms with Gasteiger partial charge in [0.15, 0.2) is 5.65 Å². The van der Waals surface area contributed by atoms with Crippen LogP contribution in [0.3, 0.4) is 0 Å². The molecule has 1 aliphatic rings. The van der Waals surface area contributed by atoms with Crippen molar-refractivity contribution in [2.45, 2.75) is 45.1 Å². The normalized spacial score (nSPS) is 17.2. The van der Waals surface area contributed by atoms with Gasteiger partial charge < -0.3 is 4.90 Å². The van der Waals surface area contributed by atoms with Crippen LogP contribution in [0.4, 0.5) is 14.6 Å². The van der Waals surface area contributed by atoms with Gasteiger partial charge in [0.1, 0.15) is 11.6 Å². The predicted octanol–water partition coefficient (Wildman–Crippen LogP) is 2.15. The summed E-state index contributed by atoms with van der Waals surface area (Å²) < 4.78 is 31.0. The van der Waals surface area contributed by atoms with Gasteiger partial charge in [0, 0.05) is 25.4 Å². The van der Waals surface area contributed by atoms with E-state index < -0.39 is 5.92 Å². The smallest absolute Gasteiger partial charge is 0.266 e. The standard InChI is InChI=1S/C17H22F2N8/c1-16(2,3)15-22-13(26-6-5-17(18,19)10-26)12-8-21-27(14(12)23-15)9-11-7-20-24-25(11)4/h7-8H,5-6,9-10H2,1-4H3. The summed E-state index contributed by atoms with van der Waals surface area (Å²) in [5.74, 6) is -1.57. The van der Waals surface area contributed by atoms with Gasteiger partial charge in [0.25, 0.3) is 5.92 Å². The third-order valence-electron chi connectivity index (χ3n) is 4.74. The molecular formula is C17H22F2N8. The van der Waals surface area contributed by atoms with Gasteiger partial charge in [-0.25, -0.2) is 23.4 Å². The Balaban J connectivity index is 1.84. The fourth-order valence-corrected chi connectivity index (χ4v) is 3.16. The van der Waals surface area contributed by atoms with E-state index in [0.717, 1.165) is 5.69 Å². The van der Waals surface area contributed by atoms with Gasteiger partial charge in [-0.15, -0.1) is 5.10 Å². The minimum absolute atomic E-state index is 0.168. The van der Waals surface area contributed by atoms with E-state index in [1.54, 1.807) is 33.7 Å². The number of hydrogen-bond donors (Lipinski definition) is 0. The number of anilines is 1. The molecule has 3 aromatic heterocycles. The van der Waals surface area contributed by atoms with Crippen molar-refractivity contribution in [2.75, 3.05) is 18.0 Å². The van der Waals surface area contributed by atoms with Gasteiger partial charge in [0.05, 0.1) is 36.6 Å². The molecule has 0 amide bonds. The van der Waals surface area contributed by atoms with Crippen LogP contribution in [0.15, 0.2) is 12.4 Å². The summed E-state index contributed by atoms with van der Waals surface area (Å²) in [5, 5.41) is 12.9. The van der Waals surface area contributed by atoms with Crippen LogP contribution in [0.25, 0.3) is 11.0 Å². The number of hydrogen-bond acceptors (Lipinski definition) is 6. The van der Waals surface area contributed by atoms with Crippen molar-refractivity contribution in [3.63, 3.8) is 0 Å². The van der Waals surface area contributed by atoms with Crippen molar-refractivity contribution < 1.29 is 8.78 Å². The van der Waals surface area contributed by atoms with E-state index in [1.807, 2.05) is 20.8 Å². The predicted molar refractivity (Wildman–Crippen MR) is 95.9 cm³/mol. The number of halogens is 2. The summed E-state index contributed by atoms with van der Waals surface area (Å²) in [5.41, 5.74) is 1.17. The highest BCUT2D eigenvalue weighted by atomic mass is 19.3. The van der Waals surface area contributed by atoms with E-state index >= 15 is 0 Å². The fraction of sp³-hybridized carbons (Fsp3) is 0.588. The molecule has 8 nitrogen and oxygen atoms in total. The fourth-order valence-electron chi connectivity index (χ4n) is 3.16. The lowest BCUT2D eigenvalue weighted by Gasteiger charge is -2.22. The molecule has 0 radical (unpaired) electrons. The zero-order valence-corrected chi connectivity index (χ0v) is 15.8. The first-order valence-corrected chi connectivity index (χ1v) is 8.84. The average molecular weight is 376 g/mol. The van der Waals surface area contributed by atoms with Crippen LogP contribution in [-0.2, 0) is 19.0 Å². The Labute approximate surface area is 155 Å². The maximum atomic E-state index is 13.8. The molecule has 0 N–H and O–H groups in total. The Bertz CT molecular complexity index is 985. The molecule has 0 aromatic carbocycles. The monoisotopic (exact) mass is 376 g/mol. The summed E-state index contributed by atoms with van der Waals surface area (Å²) in [6.07, 6.45) is 3.15. The van der Waals surface area contributed by atoms with Crippen LogP contribution in [0.2, 0.25) is 0 Å². The molecule has 0 saturated carbocycles. The molecule has 3 aromatic rings. The van der Waals surface area contributed by atoms with Gasteiger partial charge >= 0.3 is 0 Å². The van der Waals surface area contributed by atoms with Gasteiger partial charge in [-0.3, -0.25) is 4.68 Å². The van der Waals surface area contributed by atoms with Crippen molar-refractivity contribution >= 4 is 16.9 Å². The second kappa shape index (κ2) is 5.93. The first-order valence-electron chi connectivity index (χ1n) is 8.84. The topological polar surface area (TPSA) is 77.5 Å². The molecule has 0 bridgehead atoms. The second-order valence-electron chi connectivity index (χ2n) is 8.04. The Morgan fingerprint density at radius 3 is 2.56 bits per heavy atom. The molecule has 27 heavy (non-hydrogen) atoms. The molecule has 0 unspecified atom stereocenters. The second-order valence-corrected chi connectivity index (χ2v) is 8.04. The van der Waals surface area contributed by atoms with Crippen molar-refractivity contribution in [3.8, 4) is 0 Å². The number of rotatable bonds is 3. The third-order valence-corrected chi connectivity index (χ3v) is 4.74. The molecule has 0 atom stereocenters. The average Bonchev–Trinajstić information content (AvgIpc) is 3.26. The van der Waals surface area contributed by atoms with Crippen LogP contribution in [0.5, 0.6) is 0 Å². The van der Waals surface area contributed by atoms with Crippen molar-refractivity contribution in [2.24, 2.45) is 7.05 Å². The Morgan fingerprint density at radius 1 is 1.19 bits per heavy atom. The molecule has 0 spiro atoms. The van der Waals surface area contributed by atoms with Crippen LogP contribution in [0.1, 0.15) is 38.7 Å². The zero-order chi connectivity index (χ0) is 19.4. The minimum Gasteiger partial charge on any atom is -0.350 e. The molecule has 10 heteroatoms. The van der Waals surface area contributed by atoms with Crippen molar-refractivity contribution in [1.29, 1.82) is 0 Å². The molecule has 4 heterocycles. The van der Waals surface area contributed by atoms with E-state index in [9.17, 15) is 8.78 Å². The Kier molecular flexibility index (Phi) is 3.90. The Hall–Kier alpha value is -2.65. The molecule has 1 saturated heterocycles. The number of fused-ring (bicyclic) bond motifs is 1. The molecule has 4 rings (SSSR count). The lowest BCUT2D eigenvalue weighted by Crippen LogP contribution is -2.27.